The summed E-state index contributed by atoms with van der Waals surface area (Å²) in [6.45, 7) is 9.18. The lowest BCUT2D eigenvalue weighted by Crippen LogP contribution is -2.37. The molecule has 27 heavy (non-hydrogen) atoms. The van der Waals surface area contributed by atoms with Crippen LogP contribution < -0.4 is 0 Å². The second-order valence-corrected chi connectivity index (χ2v) is 7.29. The molecule has 0 radical (unpaired) electrons. The van der Waals surface area contributed by atoms with E-state index < -0.39 is 0 Å². The van der Waals surface area contributed by atoms with Crippen LogP contribution in [0.3, 0.4) is 0 Å². The van der Waals surface area contributed by atoms with Gasteiger partial charge in [-0.3, -0.25) is 9.48 Å². The van der Waals surface area contributed by atoms with Gasteiger partial charge in [0, 0.05) is 54.8 Å². The maximum Gasteiger partial charge on any atom is 0.227 e. The molecule has 142 valence electrons. The molecule has 0 saturated carbocycles. The van der Waals surface area contributed by atoms with Crippen molar-refractivity contribution in [2.45, 2.75) is 53.1 Å². The van der Waals surface area contributed by atoms with E-state index in [2.05, 4.69) is 33.7 Å². The smallest absolute Gasteiger partial charge is 0.227 e. The highest BCUT2D eigenvalue weighted by Gasteiger charge is 2.30. The zero-order valence-electron chi connectivity index (χ0n) is 16.1. The summed E-state index contributed by atoms with van der Waals surface area (Å²) in [5.41, 5.74) is 4.77. The van der Waals surface area contributed by atoms with E-state index in [4.69, 9.17) is 9.62 Å². The van der Waals surface area contributed by atoms with Gasteiger partial charge in [-0.15, -0.1) is 0 Å². The summed E-state index contributed by atoms with van der Waals surface area (Å²) in [6, 6.07) is 0.256. The van der Waals surface area contributed by atoms with Crippen molar-refractivity contribution in [3.63, 3.8) is 0 Å². The zero-order valence-corrected chi connectivity index (χ0v) is 16.1. The van der Waals surface area contributed by atoms with Crippen molar-refractivity contribution < 1.29 is 9.32 Å². The summed E-state index contributed by atoms with van der Waals surface area (Å²) in [7, 11) is 0. The molecule has 3 aromatic rings. The number of H-pyrrole nitrogens is 1. The first-order valence-electron chi connectivity index (χ1n) is 9.25. The number of hydrogen-bond acceptors (Lipinski definition) is 5. The molecule has 0 fully saturated rings. The number of rotatable bonds is 4. The summed E-state index contributed by atoms with van der Waals surface area (Å²) in [5, 5.41) is 8.74. The van der Waals surface area contributed by atoms with E-state index in [1.807, 2.05) is 18.7 Å². The fraction of sp³-hybridized carbons (Fsp3) is 0.474. The summed E-state index contributed by atoms with van der Waals surface area (Å²) in [4.78, 5) is 22.3. The number of aromatic nitrogens is 5. The Kier molecular flexibility index (Phi) is 4.33. The maximum atomic E-state index is 12.9. The topological polar surface area (TPSA) is 92.8 Å². The van der Waals surface area contributed by atoms with E-state index in [0.29, 0.717) is 25.3 Å². The van der Waals surface area contributed by atoms with Crippen molar-refractivity contribution in [1.29, 1.82) is 0 Å². The third-order valence-electron chi connectivity index (χ3n) is 5.16. The van der Waals surface area contributed by atoms with Gasteiger partial charge in [-0.05, 0) is 27.7 Å². The molecule has 4 rings (SSSR count). The summed E-state index contributed by atoms with van der Waals surface area (Å²) >= 11 is 0. The highest BCUT2D eigenvalue weighted by molar-refractivity contribution is 5.80. The molecule has 0 unspecified atom stereocenters. The third-order valence-corrected chi connectivity index (χ3v) is 5.16. The van der Waals surface area contributed by atoms with Crippen LogP contribution in [-0.2, 0) is 24.2 Å². The van der Waals surface area contributed by atoms with Crippen LogP contribution in [-0.4, -0.2) is 42.3 Å². The van der Waals surface area contributed by atoms with Gasteiger partial charge in [-0.25, -0.2) is 4.98 Å². The lowest BCUT2D eigenvalue weighted by atomic mass is 10.0. The molecule has 8 nitrogen and oxygen atoms in total. The molecule has 0 spiro atoms. The minimum absolute atomic E-state index is 0.0812. The van der Waals surface area contributed by atoms with E-state index in [1.165, 1.54) is 5.69 Å². The van der Waals surface area contributed by atoms with E-state index >= 15 is 0 Å². The van der Waals surface area contributed by atoms with Crippen LogP contribution >= 0.6 is 0 Å². The van der Waals surface area contributed by atoms with Crippen LogP contribution in [0.4, 0.5) is 0 Å². The van der Waals surface area contributed by atoms with Gasteiger partial charge in [-0.1, -0.05) is 5.16 Å². The van der Waals surface area contributed by atoms with Crippen LogP contribution in [0, 0.1) is 13.8 Å². The molecule has 1 amide bonds. The van der Waals surface area contributed by atoms with Gasteiger partial charge in [-0.2, -0.15) is 5.10 Å². The molecule has 1 aliphatic heterocycles. The summed E-state index contributed by atoms with van der Waals surface area (Å²) < 4.78 is 7.25. The first-order valence-corrected chi connectivity index (χ1v) is 9.25. The number of carbonyl (C=O) groups excluding carboxylic acids is 1. The van der Waals surface area contributed by atoms with E-state index in [0.717, 1.165) is 34.8 Å². The SMILES string of the molecule is Cc1noc(C)c1CC(=O)N1CCc2c(c(-c3ncc[nH]3)nn2C(C)C)C1. The van der Waals surface area contributed by atoms with Gasteiger partial charge in [0.25, 0.3) is 0 Å². The Labute approximate surface area is 157 Å². The second kappa shape index (κ2) is 6.68. The van der Waals surface area contributed by atoms with E-state index in [1.54, 1.807) is 12.4 Å². The third kappa shape index (κ3) is 3.05. The molecule has 0 bridgehead atoms. The predicted octanol–water partition coefficient (Wildman–Crippen LogP) is 2.59. The summed E-state index contributed by atoms with van der Waals surface area (Å²) in [6.07, 6.45) is 4.61. The minimum Gasteiger partial charge on any atom is -0.361 e. The Hall–Kier alpha value is -2.90. The Morgan fingerprint density at radius 1 is 1.37 bits per heavy atom. The van der Waals surface area contributed by atoms with Crippen molar-refractivity contribution in [3.8, 4) is 11.5 Å². The number of aromatic amines is 1. The number of aryl methyl sites for hydroxylation is 2. The number of carbonyl (C=O) groups is 1. The van der Waals surface area contributed by atoms with Crippen molar-refractivity contribution in [2.24, 2.45) is 0 Å². The average Bonchev–Trinajstić information content (AvgIpc) is 3.36. The highest BCUT2D eigenvalue weighted by Crippen LogP contribution is 2.30. The quantitative estimate of drug-likeness (QED) is 0.764. The van der Waals surface area contributed by atoms with Crippen molar-refractivity contribution in [1.82, 2.24) is 29.8 Å². The maximum absolute atomic E-state index is 12.9. The number of fused-ring (bicyclic) bond motifs is 1. The zero-order chi connectivity index (χ0) is 19.1. The molecule has 0 saturated heterocycles. The van der Waals surface area contributed by atoms with Crippen LogP contribution in [0.1, 0.15) is 48.2 Å². The van der Waals surface area contributed by atoms with Gasteiger partial charge in [0.2, 0.25) is 5.91 Å². The standard InChI is InChI=1S/C19H24N6O2/c1-11(2)25-16-5-8-24(17(26)9-14-12(3)23-27-13(14)4)10-15(16)18(22-25)19-20-6-7-21-19/h6-7,11H,5,8-10H2,1-4H3,(H,20,21). The van der Waals surface area contributed by atoms with E-state index in [9.17, 15) is 4.79 Å². The molecular formula is C19H24N6O2. The molecule has 0 aromatic carbocycles. The molecule has 8 heteroatoms. The van der Waals surface area contributed by atoms with Gasteiger partial charge in [0.1, 0.15) is 11.5 Å². The highest BCUT2D eigenvalue weighted by atomic mass is 16.5. The Balaban J connectivity index is 1.63. The molecule has 3 aromatic heterocycles. The number of imidazole rings is 1. The Morgan fingerprint density at radius 2 is 2.19 bits per heavy atom. The van der Waals surface area contributed by atoms with Crippen LogP contribution in [0.2, 0.25) is 0 Å². The Morgan fingerprint density at radius 3 is 2.81 bits per heavy atom. The number of hydrogen-bond donors (Lipinski definition) is 1. The lowest BCUT2D eigenvalue weighted by molar-refractivity contribution is -0.131. The fourth-order valence-electron chi connectivity index (χ4n) is 3.69. The molecule has 1 N–H and O–H groups in total. The lowest BCUT2D eigenvalue weighted by Gasteiger charge is -2.28. The first kappa shape index (κ1) is 17.5. The normalized spacial score (nSPS) is 14.0. The Bertz CT molecular complexity index is 947. The van der Waals surface area contributed by atoms with Crippen LogP contribution in [0.5, 0.6) is 0 Å². The molecular weight excluding hydrogens is 344 g/mol. The van der Waals surface area contributed by atoms with Crippen LogP contribution in [0.25, 0.3) is 11.5 Å². The largest absolute Gasteiger partial charge is 0.361 e. The molecule has 4 heterocycles. The van der Waals surface area contributed by atoms with Gasteiger partial charge in [0.15, 0.2) is 5.82 Å². The predicted molar refractivity (Wildman–Crippen MR) is 99.0 cm³/mol. The molecule has 1 aliphatic rings. The number of nitrogens with zero attached hydrogens (tertiary/aromatic N) is 5. The summed E-state index contributed by atoms with van der Waals surface area (Å²) in [5.74, 6) is 1.53. The first-order chi connectivity index (χ1) is 13.0. The van der Waals surface area contributed by atoms with Gasteiger partial charge >= 0.3 is 0 Å². The van der Waals surface area contributed by atoms with Crippen LogP contribution in [0.15, 0.2) is 16.9 Å². The van der Waals surface area contributed by atoms with Crippen molar-refractivity contribution >= 4 is 5.91 Å². The average molecular weight is 368 g/mol. The monoisotopic (exact) mass is 368 g/mol. The van der Waals surface area contributed by atoms with E-state index in [-0.39, 0.29) is 11.9 Å². The number of amides is 1. The number of nitrogens with one attached hydrogen (secondary N) is 1. The minimum atomic E-state index is 0.0812. The second-order valence-electron chi connectivity index (χ2n) is 7.29. The van der Waals surface area contributed by atoms with Crippen molar-refractivity contribution in [3.05, 3.63) is 40.7 Å². The molecule has 0 aliphatic carbocycles. The molecule has 0 atom stereocenters. The van der Waals surface area contributed by atoms with Gasteiger partial charge < -0.3 is 14.4 Å². The van der Waals surface area contributed by atoms with Crippen molar-refractivity contribution in [2.75, 3.05) is 6.54 Å². The fourth-order valence-corrected chi connectivity index (χ4v) is 3.69. The van der Waals surface area contributed by atoms with Gasteiger partial charge in [0.05, 0.1) is 12.1 Å².